The predicted molar refractivity (Wildman–Crippen MR) is 189 cm³/mol. The second-order valence-electron chi connectivity index (χ2n) is 14.2. The van der Waals surface area contributed by atoms with Crippen molar-refractivity contribution in [1.29, 1.82) is 0 Å². The zero-order valence-electron chi connectivity index (χ0n) is 28.8. The Bertz CT molecular complexity index is 1500. The van der Waals surface area contributed by atoms with E-state index in [0.717, 1.165) is 79.8 Å². The van der Waals surface area contributed by atoms with Gasteiger partial charge in [0.25, 0.3) is 5.19 Å². The summed E-state index contributed by atoms with van der Waals surface area (Å²) in [5.74, 6) is 2.45. The molecule has 0 saturated heterocycles. The molecule has 0 bridgehead atoms. The Morgan fingerprint density at radius 2 is 1.66 bits per heavy atom. The summed E-state index contributed by atoms with van der Waals surface area (Å²) < 4.78 is 16.2. The van der Waals surface area contributed by atoms with Gasteiger partial charge in [0.05, 0.1) is 19.1 Å². The first-order chi connectivity index (χ1) is 22.5. The van der Waals surface area contributed by atoms with Crippen LogP contribution in [0.15, 0.2) is 48.7 Å². The van der Waals surface area contributed by atoms with Crippen molar-refractivity contribution < 1.29 is 23.8 Å². The van der Waals surface area contributed by atoms with E-state index in [2.05, 4.69) is 58.5 Å². The number of nitrogens with zero attached hydrogens (tertiary/aromatic N) is 2. The molecular formula is C38H51N3O5S. The molecule has 5 rings (SSSR count). The first-order valence-electron chi connectivity index (χ1n) is 17.1. The summed E-state index contributed by atoms with van der Waals surface area (Å²) in [5, 5.41) is 3.56. The lowest BCUT2D eigenvalue weighted by molar-refractivity contribution is -0.123. The van der Waals surface area contributed by atoms with Crippen LogP contribution in [0.3, 0.4) is 0 Å². The number of rotatable bonds is 10. The molecular weight excluding hydrogens is 611 g/mol. The fraction of sp³-hybridized carbons (Fsp3) is 0.553. The summed E-state index contributed by atoms with van der Waals surface area (Å²) in [6.45, 7) is 9.02. The zero-order valence-corrected chi connectivity index (χ0v) is 29.7. The number of aromatic nitrogens is 1. The lowest BCUT2D eigenvalue weighted by atomic mass is 9.77. The summed E-state index contributed by atoms with van der Waals surface area (Å²) >= 11 is 1.51. The van der Waals surface area contributed by atoms with Gasteiger partial charge in [-0.2, -0.15) is 0 Å². The van der Waals surface area contributed by atoms with Crippen LogP contribution in [0.4, 0.5) is 10.5 Å². The third-order valence-electron chi connectivity index (χ3n) is 9.68. The number of ether oxygens (including phenoxy) is 3. The first kappa shape index (κ1) is 34.7. The highest BCUT2D eigenvalue weighted by Crippen LogP contribution is 2.40. The second kappa shape index (κ2) is 15.5. The van der Waals surface area contributed by atoms with E-state index in [1.807, 2.05) is 33.0 Å². The van der Waals surface area contributed by atoms with Gasteiger partial charge in [-0.1, -0.05) is 35.6 Å². The first-order valence-corrected chi connectivity index (χ1v) is 17.9. The van der Waals surface area contributed by atoms with Gasteiger partial charge in [0.15, 0.2) is 0 Å². The quantitative estimate of drug-likeness (QED) is 0.234. The maximum atomic E-state index is 14.4. The highest BCUT2D eigenvalue weighted by atomic mass is 32.1. The van der Waals surface area contributed by atoms with Crippen molar-refractivity contribution in [2.75, 3.05) is 32.2 Å². The number of nitrogens with one attached hydrogen (secondary N) is 1. The molecule has 2 aliphatic rings. The molecule has 2 saturated carbocycles. The van der Waals surface area contributed by atoms with Crippen LogP contribution in [0.2, 0.25) is 0 Å². The van der Waals surface area contributed by atoms with Crippen molar-refractivity contribution in [3.8, 4) is 21.4 Å². The number of carbonyl (C=O) groups excluding carboxylic acids is 2. The van der Waals surface area contributed by atoms with Crippen molar-refractivity contribution >= 4 is 29.0 Å². The average molecular weight is 662 g/mol. The lowest BCUT2D eigenvalue weighted by Crippen LogP contribution is -2.42. The van der Waals surface area contributed by atoms with Crippen molar-refractivity contribution in [3.63, 3.8) is 0 Å². The number of anilines is 1. The van der Waals surface area contributed by atoms with Crippen LogP contribution in [0.1, 0.15) is 89.2 Å². The molecule has 47 heavy (non-hydrogen) atoms. The number of hydrogen-bond donors (Lipinski definition) is 1. The number of methoxy groups -OCH3 is 2. The smallest absolute Gasteiger partial charge is 0.407 e. The summed E-state index contributed by atoms with van der Waals surface area (Å²) in [6.07, 6.45) is 9.35. The number of aryl methyl sites for hydroxylation is 1. The van der Waals surface area contributed by atoms with Gasteiger partial charge in [-0.15, -0.1) is 0 Å². The third-order valence-corrected chi connectivity index (χ3v) is 10.7. The Labute approximate surface area is 284 Å². The maximum absolute atomic E-state index is 14.4. The molecule has 2 aromatic carbocycles. The van der Waals surface area contributed by atoms with Gasteiger partial charge in [0.2, 0.25) is 5.91 Å². The van der Waals surface area contributed by atoms with Gasteiger partial charge in [-0.3, -0.25) is 4.79 Å². The fourth-order valence-electron chi connectivity index (χ4n) is 7.10. The van der Waals surface area contributed by atoms with E-state index in [1.165, 1.54) is 22.5 Å². The minimum absolute atomic E-state index is 0.0291. The average Bonchev–Trinajstić information content (AvgIpc) is 3.55. The van der Waals surface area contributed by atoms with Crippen molar-refractivity contribution in [2.24, 2.45) is 17.8 Å². The number of thiazole rings is 1. The molecule has 1 aromatic heterocycles. The van der Waals surface area contributed by atoms with E-state index in [0.29, 0.717) is 29.5 Å². The Morgan fingerprint density at radius 1 is 0.936 bits per heavy atom. The SMILES string of the molecule is COc1ncc(-c2cccc(N(C[C@H]3CC[C@H](c4ccc(OC)c(C)c4)CC3)C(=O)[C@H]3CC[C@H](CNC(=O)OC(C)(C)C)CC3)c2)s1. The molecule has 2 aliphatic carbocycles. The summed E-state index contributed by atoms with van der Waals surface area (Å²) in [5.41, 5.74) is 4.03. The highest BCUT2D eigenvalue weighted by Gasteiger charge is 2.33. The monoisotopic (exact) mass is 661 g/mol. The molecule has 2 amide bonds. The maximum Gasteiger partial charge on any atom is 0.407 e. The summed E-state index contributed by atoms with van der Waals surface area (Å²) in [4.78, 5) is 34.0. The van der Waals surface area contributed by atoms with Crippen molar-refractivity contribution in [2.45, 2.75) is 90.6 Å². The minimum Gasteiger partial charge on any atom is -0.496 e. The normalized spacial score (nSPS) is 21.5. The number of benzene rings is 2. The van der Waals surface area contributed by atoms with Crippen molar-refractivity contribution in [3.05, 3.63) is 59.8 Å². The van der Waals surface area contributed by atoms with Crippen LogP contribution in [-0.2, 0) is 9.53 Å². The van der Waals surface area contributed by atoms with E-state index in [9.17, 15) is 9.59 Å². The van der Waals surface area contributed by atoms with E-state index in [-0.39, 0.29) is 17.9 Å². The van der Waals surface area contributed by atoms with Crippen LogP contribution in [0.5, 0.6) is 10.9 Å². The molecule has 254 valence electrons. The molecule has 1 N–H and O–H groups in total. The molecule has 3 aromatic rings. The van der Waals surface area contributed by atoms with Gasteiger partial charge in [0, 0.05) is 30.9 Å². The number of alkyl carbamates (subject to hydrolysis) is 1. The summed E-state index contributed by atoms with van der Waals surface area (Å²) in [6, 6.07) is 14.9. The van der Waals surface area contributed by atoms with Crippen LogP contribution in [0, 0.1) is 24.7 Å². The second-order valence-corrected chi connectivity index (χ2v) is 15.2. The van der Waals surface area contributed by atoms with Gasteiger partial charge in [-0.25, -0.2) is 9.78 Å². The summed E-state index contributed by atoms with van der Waals surface area (Å²) in [7, 11) is 3.35. The molecule has 0 atom stereocenters. The Balaban J connectivity index is 1.27. The number of carbonyl (C=O) groups is 2. The highest BCUT2D eigenvalue weighted by molar-refractivity contribution is 7.16. The predicted octanol–water partition coefficient (Wildman–Crippen LogP) is 8.77. The molecule has 0 unspecified atom stereocenters. The van der Waals surface area contributed by atoms with Gasteiger partial charge in [0.1, 0.15) is 11.4 Å². The van der Waals surface area contributed by atoms with Crippen LogP contribution < -0.4 is 19.7 Å². The van der Waals surface area contributed by atoms with E-state index in [4.69, 9.17) is 14.2 Å². The molecule has 1 heterocycles. The molecule has 0 radical (unpaired) electrons. The minimum atomic E-state index is -0.519. The van der Waals surface area contributed by atoms with Crippen LogP contribution in [-0.4, -0.2) is 49.9 Å². The Morgan fingerprint density at radius 3 is 2.30 bits per heavy atom. The van der Waals surface area contributed by atoms with Crippen LogP contribution in [0.25, 0.3) is 10.4 Å². The number of hydrogen-bond acceptors (Lipinski definition) is 7. The van der Waals surface area contributed by atoms with E-state index >= 15 is 0 Å². The van der Waals surface area contributed by atoms with Crippen LogP contribution >= 0.6 is 11.3 Å². The van der Waals surface area contributed by atoms with Gasteiger partial charge in [-0.05, 0) is 132 Å². The standard InChI is InChI=1S/C38H51N3O5S/c1-25-20-30(18-19-33(25)44-5)28-14-12-27(13-15-28)24-41(32-9-7-8-31(21-32)34-23-40-37(45-6)47-34)35(42)29-16-10-26(11-17-29)22-39-36(43)46-38(2,3)4/h7-9,18-21,23,26-29H,10-17,22,24H2,1-6H3,(H,39,43)/t26-,27-,28-,29-. The number of amides is 2. The van der Waals surface area contributed by atoms with Crippen molar-refractivity contribution in [1.82, 2.24) is 10.3 Å². The molecule has 0 spiro atoms. The van der Waals surface area contributed by atoms with E-state index < -0.39 is 5.60 Å². The van der Waals surface area contributed by atoms with E-state index in [1.54, 1.807) is 14.2 Å². The third kappa shape index (κ3) is 9.28. The fourth-order valence-corrected chi connectivity index (χ4v) is 7.83. The topological polar surface area (TPSA) is 90.0 Å². The Hall–Kier alpha value is -3.59. The lowest BCUT2D eigenvalue weighted by Gasteiger charge is -2.36. The molecule has 9 heteroatoms. The van der Waals surface area contributed by atoms with Gasteiger partial charge >= 0.3 is 6.09 Å². The molecule has 2 fully saturated rings. The van der Waals surface area contributed by atoms with Gasteiger partial charge < -0.3 is 24.4 Å². The Kier molecular flexibility index (Phi) is 11.5. The molecule has 0 aliphatic heterocycles. The largest absolute Gasteiger partial charge is 0.496 e. The zero-order chi connectivity index (χ0) is 33.6. The molecule has 8 nitrogen and oxygen atoms in total.